The van der Waals surface area contributed by atoms with Gasteiger partial charge in [0.2, 0.25) is 0 Å². The van der Waals surface area contributed by atoms with E-state index in [0.717, 1.165) is 32.5 Å². The first-order valence-corrected chi connectivity index (χ1v) is 8.74. The van der Waals surface area contributed by atoms with Gasteiger partial charge in [-0.1, -0.05) is 36.7 Å². The van der Waals surface area contributed by atoms with Gasteiger partial charge in [-0.2, -0.15) is 0 Å². The Bertz CT molecular complexity index is 818. The smallest absolute Gasteiger partial charge is 0.269 e. The number of nitrogens with zero attached hydrogens (tertiary/aromatic N) is 1. The van der Waals surface area contributed by atoms with Crippen molar-refractivity contribution in [3.8, 4) is 5.75 Å². The average Bonchev–Trinajstić information content (AvgIpc) is 2.53. The molecule has 0 aliphatic heterocycles. The Labute approximate surface area is 156 Å². The molecule has 0 unspecified atom stereocenters. The summed E-state index contributed by atoms with van der Waals surface area (Å²) in [5.74, 6) is 0.844. The molecule has 0 radical (unpaired) electrons. The molecule has 0 heterocycles. The number of hydrogen-bond acceptors (Lipinski definition) is 3. The van der Waals surface area contributed by atoms with Crippen molar-refractivity contribution in [2.24, 2.45) is 0 Å². The van der Waals surface area contributed by atoms with E-state index in [0.29, 0.717) is 0 Å². The van der Waals surface area contributed by atoms with Gasteiger partial charge < -0.3 is 4.74 Å². The van der Waals surface area contributed by atoms with Crippen molar-refractivity contribution in [1.29, 1.82) is 0 Å². The second-order valence-electron chi connectivity index (χ2n) is 6.96. The van der Waals surface area contributed by atoms with Crippen LogP contribution in [0.3, 0.4) is 0 Å². The van der Waals surface area contributed by atoms with Crippen LogP contribution in [0.1, 0.15) is 44.4 Å². The van der Waals surface area contributed by atoms with Gasteiger partial charge in [0, 0.05) is 27.7 Å². The van der Waals surface area contributed by atoms with E-state index in [1.807, 2.05) is 19.1 Å². The van der Waals surface area contributed by atoms with E-state index in [1.54, 1.807) is 19.2 Å². The number of benzene rings is 2. The van der Waals surface area contributed by atoms with E-state index >= 15 is 0 Å². The highest BCUT2D eigenvalue weighted by atomic mass is 79.9. The number of hydrogen-bond donors (Lipinski definition) is 0. The lowest BCUT2D eigenvalue weighted by Crippen LogP contribution is -2.13. The highest BCUT2D eigenvalue weighted by Crippen LogP contribution is 2.38. The summed E-state index contributed by atoms with van der Waals surface area (Å²) in [7, 11) is 1.68. The Balaban J connectivity index is 2.52. The highest BCUT2D eigenvalue weighted by molar-refractivity contribution is 9.10. The van der Waals surface area contributed by atoms with Crippen molar-refractivity contribution < 1.29 is 9.66 Å². The fourth-order valence-corrected chi connectivity index (χ4v) is 3.14. The van der Waals surface area contributed by atoms with Crippen LogP contribution < -0.4 is 4.74 Å². The van der Waals surface area contributed by atoms with Crippen LogP contribution in [0.4, 0.5) is 5.69 Å². The molecular formula is C20H22BrNO3. The summed E-state index contributed by atoms with van der Waals surface area (Å²) < 4.78 is 6.68. The van der Waals surface area contributed by atoms with Gasteiger partial charge in [0.25, 0.3) is 5.69 Å². The third-order valence-corrected chi connectivity index (χ3v) is 4.46. The van der Waals surface area contributed by atoms with E-state index in [-0.39, 0.29) is 11.1 Å². The lowest BCUT2D eigenvalue weighted by atomic mass is 9.85. The van der Waals surface area contributed by atoms with Crippen LogP contribution in [-0.4, -0.2) is 12.0 Å². The van der Waals surface area contributed by atoms with Gasteiger partial charge in [0.05, 0.1) is 12.0 Å². The molecule has 0 aliphatic rings. The maximum Gasteiger partial charge on any atom is 0.269 e. The molecule has 0 amide bonds. The van der Waals surface area contributed by atoms with E-state index in [1.165, 1.54) is 12.1 Å². The van der Waals surface area contributed by atoms with Crippen LogP contribution in [0.25, 0.3) is 11.6 Å². The number of non-ortho nitro benzene ring substituents is 1. The maximum absolute atomic E-state index is 10.8. The van der Waals surface area contributed by atoms with Crippen molar-refractivity contribution in [3.05, 3.63) is 67.7 Å². The Hall–Kier alpha value is -2.14. The molecule has 2 aromatic rings. The quantitative estimate of drug-likeness (QED) is 0.345. The van der Waals surface area contributed by atoms with E-state index < -0.39 is 4.92 Å². The predicted molar refractivity (Wildman–Crippen MR) is 106 cm³/mol. The number of ether oxygens (including phenoxy) is 1. The summed E-state index contributed by atoms with van der Waals surface area (Å²) in [5, 5.41) is 10.8. The third-order valence-electron chi connectivity index (χ3n) is 4.00. The molecule has 4 nitrogen and oxygen atoms in total. The molecule has 0 saturated carbocycles. The Morgan fingerprint density at radius 1 is 1.20 bits per heavy atom. The zero-order valence-electron chi connectivity index (χ0n) is 15.1. The maximum atomic E-state index is 10.8. The predicted octanol–water partition coefficient (Wildman–Crippen LogP) is 6.22. The van der Waals surface area contributed by atoms with Gasteiger partial charge in [-0.15, -0.1) is 0 Å². The summed E-state index contributed by atoms with van der Waals surface area (Å²) in [6.45, 7) is 8.42. The molecule has 0 fully saturated rings. The number of rotatable bonds is 4. The summed E-state index contributed by atoms with van der Waals surface area (Å²) >= 11 is 3.58. The second-order valence-corrected chi connectivity index (χ2v) is 7.87. The number of nitro benzene ring substituents is 1. The Morgan fingerprint density at radius 2 is 1.80 bits per heavy atom. The largest absolute Gasteiger partial charge is 0.496 e. The Morgan fingerprint density at radius 3 is 2.28 bits per heavy atom. The lowest BCUT2D eigenvalue weighted by Gasteiger charge is -2.24. The molecule has 132 valence electrons. The van der Waals surface area contributed by atoms with Crippen LogP contribution in [0.5, 0.6) is 5.75 Å². The first kappa shape index (κ1) is 19.2. The molecule has 2 rings (SSSR count). The second kappa shape index (κ2) is 7.40. The van der Waals surface area contributed by atoms with Crippen molar-refractivity contribution >= 4 is 33.3 Å². The molecule has 0 spiro atoms. The minimum absolute atomic E-state index is 0.0566. The van der Waals surface area contributed by atoms with Crippen molar-refractivity contribution in [3.63, 3.8) is 0 Å². The van der Waals surface area contributed by atoms with E-state index in [4.69, 9.17) is 4.74 Å². The van der Waals surface area contributed by atoms with Crippen LogP contribution >= 0.6 is 15.9 Å². The first-order chi connectivity index (χ1) is 11.6. The fourth-order valence-electron chi connectivity index (χ4n) is 2.67. The Kier molecular flexibility index (Phi) is 5.68. The molecule has 25 heavy (non-hydrogen) atoms. The van der Waals surface area contributed by atoms with Gasteiger partial charge in [0.1, 0.15) is 5.75 Å². The number of halogens is 1. The molecule has 0 atom stereocenters. The van der Waals surface area contributed by atoms with Gasteiger partial charge in [0.15, 0.2) is 0 Å². The molecular weight excluding hydrogens is 382 g/mol. The van der Waals surface area contributed by atoms with E-state index in [2.05, 4.69) is 42.8 Å². The zero-order chi connectivity index (χ0) is 18.8. The van der Waals surface area contributed by atoms with Crippen LogP contribution in [0.2, 0.25) is 0 Å². The molecule has 5 heteroatoms. The van der Waals surface area contributed by atoms with Gasteiger partial charge >= 0.3 is 0 Å². The number of allylic oxidation sites excluding steroid dienone is 1. The third kappa shape index (κ3) is 4.48. The SMILES string of the molecule is COc1c(C=C(C)c2ccc([N+](=O)[O-])cc2)cc(Br)cc1C(C)(C)C. The van der Waals surface area contributed by atoms with Gasteiger partial charge in [-0.05, 0) is 53.8 Å². The summed E-state index contributed by atoms with van der Waals surface area (Å²) in [6.07, 6.45) is 2.04. The van der Waals surface area contributed by atoms with Crippen molar-refractivity contribution in [1.82, 2.24) is 0 Å². The normalized spacial score (nSPS) is 12.2. The van der Waals surface area contributed by atoms with Gasteiger partial charge in [-0.3, -0.25) is 10.1 Å². The fraction of sp³-hybridized carbons (Fsp3) is 0.300. The topological polar surface area (TPSA) is 52.4 Å². The van der Waals surface area contributed by atoms with Crippen LogP contribution in [0.15, 0.2) is 40.9 Å². The summed E-state index contributed by atoms with van der Waals surface area (Å²) in [4.78, 5) is 10.4. The van der Waals surface area contributed by atoms with Crippen LogP contribution in [-0.2, 0) is 5.41 Å². The highest BCUT2D eigenvalue weighted by Gasteiger charge is 2.21. The first-order valence-electron chi connectivity index (χ1n) is 7.94. The number of methoxy groups -OCH3 is 1. The minimum atomic E-state index is -0.393. The lowest BCUT2D eigenvalue weighted by molar-refractivity contribution is -0.384. The summed E-state index contributed by atoms with van der Waals surface area (Å²) in [6, 6.07) is 10.7. The minimum Gasteiger partial charge on any atom is -0.496 e. The molecule has 0 bridgehead atoms. The van der Waals surface area contributed by atoms with Crippen molar-refractivity contribution in [2.75, 3.05) is 7.11 Å². The van der Waals surface area contributed by atoms with E-state index in [9.17, 15) is 10.1 Å². The molecule has 0 aromatic heterocycles. The molecule has 2 aromatic carbocycles. The summed E-state index contributed by atoms with van der Waals surface area (Å²) in [5.41, 5.74) is 4.06. The molecule has 0 aliphatic carbocycles. The standard InChI is InChI=1S/C20H22BrNO3/c1-13(14-6-8-17(9-7-14)22(23)24)10-15-11-16(21)12-18(19(15)25-5)20(2,3)4/h6-12H,1-5H3. The van der Waals surface area contributed by atoms with Crippen molar-refractivity contribution in [2.45, 2.75) is 33.1 Å². The number of nitro groups is 1. The van der Waals surface area contributed by atoms with Crippen LogP contribution in [0, 0.1) is 10.1 Å². The molecule has 0 N–H and O–H groups in total. The monoisotopic (exact) mass is 403 g/mol. The average molecular weight is 404 g/mol. The van der Waals surface area contributed by atoms with Gasteiger partial charge in [-0.25, -0.2) is 0 Å². The zero-order valence-corrected chi connectivity index (χ0v) is 16.7. The molecule has 0 saturated heterocycles.